The summed E-state index contributed by atoms with van der Waals surface area (Å²) in [5.41, 5.74) is 6.08. The lowest BCUT2D eigenvalue weighted by molar-refractivity contribution is 0.0696. The fraction of sp³-hybridized carbons (Fsp3) is 0.464. The highest BCUT2D eigenvalue weighted by molar-refractivity contribution is 5.89. The van der Waals surface area contributed by atoms with E-state index in [4.69, 9.17) is 4.74 Å². The molecule has 0 amide bonds. The van der Waals surface area contributed by atoms with Crippen LogP contribution in [0.1, 0.15) is 79.0 Å². The number of H-pyrrole nitrogens is 1. The zero-order chi connectivity index (χ0) is 24.2. The number of carboxylic acid groups (broad SMARTS) is 1. The van der Waals surface area contributed by atoms with Crippen LogP contribution in [0.2, 0.25) is 0 Å². The molecule has 0 spiro atoms. The Morgan fingerprint density at radius 2 is 1.97 bits per heavy atom. The van der Waals surface area contributed by atoms with E-state index in [1.807, 2.05) is 32.2 Å². The standard InChI is InChI=1S/C26H31N3O3.C2H6/c1-16-13-24(32-2)21(19-10-11-27-25(16)19)15-29-12-4-3-5-23(29)20-9-6-17(26(30)31)14-22(20)28-18-7-8-18;1-2/h6,9-11,13-14,18,23,27-28H,3-5,7-8,12,15H2,1-2H3,(H,30,31);1-2H3. The minimum absolute atomic E-state index is 0.243. The number of anilines is 1. The van der Waals surface area contributed by atoms with E-state index < -0.39 is 5.97 Å². The van der Waals surface area contributed by atoms with Crippen LogP contribution in [0.15, 0.2) is 36.5 Å². The number of nitrogens with one attached hydrogen (secondary N) is 2. The van der Waals surface area contributed by atoms with Gasteiger partial charge < -0.3 is 20.1 Å². The number of aryl methyl sites for hydroxylation is 1. The number of ether oxygens (including phenoxy) is 1. The van der Waals surface area contributed by atoms with Crippen LogP contribution < -0.4 is 10.1 Å². The van der Waals surface area contributed by atoms with Crippen molar-refractivity contribution in [2.24, 2.45) is 0 Å². The summed E-state index contributed by atoms with van der Waals surface area (Å²) >= 11 is 0. The van der Waals surface area contributed by atoms with Gasteiger partial charge in [-0.25, -0.2) is 4.79 Å². The molecular weight excluding hydrogens is 426 g/mol. The summed E-state index contributed by atoms with van der Waals surface area (Å²) in [6, 6.07) is 10.6. The molecule has 3 N–H and O–H groups in total. The van der Waals surface area contributed by atoms with E-state index >= 15 is 0 Å². The number of fused-ring (bicyclic) bond motifs is 1. The van der Waals surface area contributed by atoms with Crippen LogP contribution in [0.3, 0.4) is 0 Å². The maximum atomic E-state index is 11.6. The van der Waals surface area contributed by atoms with Gasteiger partial charge >= 0.3 is 5.97 Å². The molecule has 6 heteroatoms. The molecule has 5 rings (SSSR count). The molecule has 1 unspecified atom stereocenters. The number of nitrogens with zero attached hydrogens (tertiary/aromatic N) is 1. The quantitative estimate of drug-likeness (QED) is 0.372. The Hall–Kier alpha value is -2.99. The summed E-state index contributed by atoms with van der Waals surface area (Å²) in [4.78, 5) is 17.5. The number of aromatic nitrogens is 1. The van der Waals surface area contributed by atoms with Gasteiger partial charge in [-0.15, -0.1) is 0 Å². The number of aromatic amines is 1. The molecule has 1 aliphatic carbocycles. The number of hydrogen-bond donors (Lipinski definition) is 3. The molecule has 1 aromatic heterocycles. The van der Waals surface area contributed by atoms with Crippen LogP contribution in [-0.2, 0) is 6.54 Å². The Morgan fingerprint density at radius 1 is 1.18 bits per heavy atom. The third-order valence-electron chi connectivity index (χ3n) is 6.90. The summed E-state index contributed by atoms with van der Waals surface area (Å²) in [5.74, 6) is 0.0478. The van der Waals surface area contributed by atoms with Crippen LogP contribution >= 0.6 is 0 Å². The second-order valence-electron chi connectivity index (χ2n) is 9.15. The molecule has 34 heavy (non-hydrogen) atoms. The zero-order valence-electron chi connectivity index (χ0n) is 20.8. The highest BCUT2D eigenvalue weighted by Crippen LogP contribution is 2.40. The molecular formula is C28H37N3O3. The second kappa shape index (κ2) is 10.5. The normalized spacial score (nSPS) is 18.3. The van der Waals surface area contributed by atoms with E-state index in [9.17, 15) is 9.90 Å². The number of carboxylic acids is 1. The Kier molecular flexibility index (Phi) is 7.47. The lowest BCUT2D eigenvalue weighted by atomic mass is 9.92. The average Bonchev–Trinajstić information content (AvgIpc) is 3.53. The lowest BCUT2D eigenvalue weighted by Gasteiger charge is -2.37. The largest absolute Gasteiger partial charge is 0.496 e. The van der Waals surface area contributed by atoms with Crippen LogP contribution in [0, 0.1) is 6.92 Å². The summed E-state index contributed by atoms with van der Waals surface area (Å²) < 4.78 is 5.79. The average molecular weight is 464 g/mol. The van der Waals surface area contributed by atoms with Crippen LogP contribution in [0.4, 0.5) is 5.69 Å². The number of methoxy groups -OCH3 is 1. The number of hydrogen-bond acceptors (Lipinski definition) is 4. The first-order chi connectivity index (χ1) is 16.5. The van der Waals surface area contributed by atoms with Crippen molar-refractivity contribution >= 4 is 22.6 Å². The molecule has 1 saturated heterocycles. The van der Waals surface area contributed by atoms with E-state index in [2.05, 4.69) is 34.3 Å². The Labute approximate surface area is 202 Å². The lowest BCUT2D eigenvalue weighted by Crippen LogP contribution is -2.33. The van der Waals surface area contributed by atoms with Gasteiger partial charge in [0.1, 0.15) is 5.75 Å². The highest BCUT2D eigenvalue weighted by atomic mass is 16.5. The van der Waals surface area contributed by atoms with E-state index in [0.29, 0.717) is 11.6 Å². The van der Waals surface area contributed by atoms with Gasteiger partial charge in [0, 0.05) is 47.0 Å². The van der Waals surface area contributed by atoms with Gasteiger partial charge in [-0.1, -0.05) is 26.3 Å². The van der Waals surface area contributed by atoms with Crippen molar-refractivity contribution in [1.82, 2.24) is 9.88 Å². The molecule has 2 aliphatic rings. The van der Waals surface area contributed by atoms with Crippen LogP contribution in [-0.4, -0.2) is 40.7 Å². The maximum absolute atomic E-state index is 11.6. The van der Waals surface area contributed by atoms with Crippen LogP contribution in [0.5, 0.6) is 5.75 Å². The minimum Gasteiger partial charge on any atom is -0.496 e. The van der Waals surface area contributed by atoms with Crippen molar-refractivity contribution in [1.29, 1.82) is 0 Å². The first-order valence-corrected chi connectivity index (χ1v) is 12.6. The van der Waals surface area contributed by atoms with E-state index in [0.717, 1.165) is 49.3 Å². The van der Waals surface area contributed by atoms with Gasteiger partial charge in [-0.2, -0.15) is 0 Å². The van der Waals surface area contributed by atoms with Crippen LogP contribution in [0.25, 0.3) is 10.9 Å². The minimum atomic E-state index is -0.880. The fourth-order valence-electron chi connectivity index (χ4n) is 5.07. The monoisotopic (exact) mass is 463 g/mol. The second-order valence-corrected chi connectivity index (χ2v) is 9.15. The van der Waals surface area contributed by atoms with E-state index in [-0.39, 0.29) is 6.04 Å². The van der Waals surface area contributed by atoms with Gasteiger partial charge in [0.15, 0.2) is 0 Å². The third-order valence-corrected chi connectivity index (χ3v) is 6.90. The van der Waals surface area contributed by atoms with Crippen molar-refractivity contribution in [3.63, 3.8) is 0 Å². The first kappa shape index (κ1) is 24.1. The molecule has 2 heterocycles. The number of rotatable bonds is 7. The molecule has 1 saturated carbocycles. The third kappa shape index (κ3) is 4.92. The summed E-state index contributed by atoms with van der Waals surface area (Å²) in [6.07, 6.45) is 7.70. The molecule has 0 radical (unpaired) electrons. The summed E-state index contributed by atoms with van der Waals surface area (Å²) in [7, 11) is 1.74. The maximum Gasteiger partial charge on any atom is 0.335 e. The number of piperidine rings is 1. The predicted octanol–water partition coefficient (Wildman–Crippen LogP) is 6.51. The van der Waals surface area contributed by atoms with Gasteiger partial charge in [-0.3, -0.25) is 4.90 Å². The van der Waals surface area contributed by atoms with Crippen molar-refractivity contribution < 1.29 is 14.6 Å². The number of carbonyl (C=O) groups is 1. The fourth-order valence-corrected chi connectivity index (χ4v) is 5.07. The zero-order valence-corrected chi connectivity index (χ0v) is 20.8. The topological polar surface area (TPSA) is 77.6 Å². The molecule has 182 valence electrons. The van der Waals surface area contributed by atoms with Crippen molar-refractivity contribution in [3.05, 3.63) is 58.8 Å². The van der Waals surface area contributed by atoms with E-state index in [1.54, 1.807) is 13.2 Å². The van der Waals surface area contributed by atoms with Gasteiger partial charge in [0.25, 0.3) is 0 Å². The summed E-state index contributed by atoms with van der Waals surface area (Å²) in [6.45, 7) is 7.91. The molecule has 3 aromatic rings. The van der Waals surface area contributed by atoms with Gasteiger partial charge in [0.2, 0.25) is 0 Å². The SMILES string of the molecule is CC.COc1cc(C)c2[nH]ccc2c1CN1CCCCC1c1ccc(C(=O)O)cc1NC1CC1. The molecule has 2 aromatic carbocycles. The molecule has 2 fully saturated rings. The Balaban J connectivity index is 0.00000133. The van der Waals surface area contributed by atoms with Gasteiger partial charge in [0.05, 0.1) is 12.7 Å². The van der Waals surface area contributed by atoms with Crippen molar-refractivity contribution in [3.8, 4) is 5.75 Å². The number of aromatic carboxylic acids is 1. The number of benzene rings is 2. The first-order valence-electron chi connectivity index (χ1n) is 12.6. The number of likely N-dealkylation sites (tertiary alicyclic amines) is 1. The summed E-state index contributed by atoms with van der Waals surface area (Å²) in [5, 5.41) is 14.3. The van der Waals surface area contributed by atoms with Crippen molar-refractivity contribution in [2.45, 2.75) is 71.5 Å². The van der Waals surface area contributed by atoms with Gasteiger partial charge in [-0.05, 0) is 74.5 Å². The highest BCUT2D eigenvalue weighted by Gasteiger charge is 2.30. The molecule has 6 nitrogen and oxygen atoms in total. The van der Waals surface area contributed by atoms with E-state index in [1.165, 1.54) is 34.9 Å². The Morgan fingerprint density at radius 3 is 2.68 bits per heavy atom. The molecule has 1 aliphatic heterocycles. The Bertz CT molecular complexity index is 1150. The smallest absolute Gasteiger partial charge is 0.335 e. The molecule has 0 bridgehead atoms. The predicted molar refractivity (Wildman–Crippen MR) is 138 cm³/mol. The van der Waals surface area contributed by atoms with Crippen molar-refractivity contribution in [2.75, 3.05) is 19.0 Å². The molecule has 1 atom stereocenters.